The van der Waals surface area contributed by atoms with Crippen molar-refractivity contribution in [3.05, 3.63) is 54.1 Å². The van der Waals surface area contributed by atoms with E-state index in [0.29, 0.717) is 13.2 Å². The molecule has 0 aliphatic carbocycles. The van der Waals surface area contributed by atoms with Gasteiger partial charge >= 0.3 is 6.03 Å². The van der Waals surface area contributed by atoms with Crippen molar-refractivity contribution >= 4 is 22.6 Å². The summed E-state index contributed by atoms with van der Waals surface area (Å²) < 4.78 is 4.95. The largest absolute Gasteiger partial charge is 0.383 e. The van der Waals surface area contributed by atoms with E-state index in [9.17, 15) is 4.79 Å². The van der Waals surface area contributed by atoms with E-state index in [-0.39, 0.29) is 6.03 Å². The molecule has 1 heterocycles. The molecule has 1 aromatic heterocycles. The number of nitrogens with one attached hydrogen (secondary N) is 3. The number of anilines is 1. The van der Waals surface area contributed by atoms with Crippen molar-refractivity contribution in [3.8, 4) is 11.3 Å². The van der Waals surface area contributed by atoms with Crippen LogP contribution in [-0.4, -0.2) is 31.3 Å². The first-order valence-electron chi connectivity index (χ1n) is 7.90. The Bertz CT molecular complexity index is 837. The monoisotopic (exact) mass is 323 g/mol. The van der Waals surface area contributed by atoms with Crippen LogP contribution in [0.25, 0.3) is 22.2 Å². The number of ether oxygens (including phenoxy) is 1. The number of carbonyl (C=O) groups excluding carboxylic acids is 1. The molecule has 0 aliphatic heterocycles. The number of hydrogen-bond acceptors (Lipinski definition) is 2. The van der Waals surface area contributed by atoms with Gasteiger partial charge in [0.15, 0.2) is 0 Å². The van der Waals surface area contributed by atoms with Gasteiger partial charge in [-0.25, -0.2) is 4.79 Å². The van der Waals surface area contributed by atoms with Crippen LogP contribution in [0, 0.1) is 6.92 Å². The van der Waals surface area contributed by atoms with Gasteiger partial charge in [0, 0.05) is 30.1 Å². The minimum absolute atomic E-state index is 0.245. The zero-order valence-electron chi connectivity index (χ0n) is 13.8. The van der Waals surface area contributed by atoms with Gasteiger partial charge in [-0.3, -0.25) is 0 Å². The molecule has 0 aliphatic rings. The molecule has 0 unspecified atom stereocenters. The molecule has 24 heavy (non-hydrogen) atoms. The maximum Gasteiger partial charge on any atom is 0.319 e. The first-order chi connectivity index (χ1) is 11.7. The summed E-state index contributed by atoms with van der Waals surface area (Å²) in [7, 11) is 1.61. The highest BCUT2D eigenvalue weighted by molar-refractivity contribution is 6.07. The van der Waals surface area contributed by atoms with Crippen LogP contribution in [0.1, 0.15) is 5.56 Å². The number of aryl methyl sites for hydroxylation is 1. The van der Waals surface area contributed by atoms with Crippen LogP contribution in [0.3, 0.4) is 0 Å². The van der Waals surface area contributed by atoms with Gasteiger partial charge in [0.25, 0.3) is 0 Å². The highest BCUT2D eigenvalue weighted by Crippen LogP contribution is 2.34. The van der Waals surface area contributed by atoms with Crippen LogP contribution < -0.4 is 10.6 Å². The number of fused-ring (bicyclic) bond motifs is 1. The summed E-state index contributed by atoms with van der Waals surface area (Å²) in [4.78, 5) is 15.6. The molecule has 3 rings (SSSR count). The average Bonchev–Trinajstić information content (AvgIpc) is 2.94. The topological polar surface area (TPSA) is 66.2 Å². The zero-order valence-corrected chi connectivity index (χ0v) is 13.8. The lowest BCUT2D eigenvalue weighted by atomic mass is 10.1. The fourth-order valence-corrected chi connectivity index (χ4v) is 2.63. The molecule has 0 saturated heterocycles. The lowest BCUT2D eigenvalue weighted by Gasteiger charge is -2.09. The van der Waals surface area contributed by atoms with Gasteiger partial charge in [-0.15, -0.1) is 0 Å². The molecular formula is C19H21N3O2. The fraction of sp³-hybridized carbons (Fsp3) is 0.211. The maximum absolute atomic E-state index is 12.2. The Hall–Kier alpha value is -2.79. The average molecular weight is 323 g/mol. The van der Waals surface area contributed by atoms with Gasteiger partial charge in [0.2, 0.25) is 0 Å². The molecule has 124 valence electrons. The van der Waals surface area contributed by atoms with Crippen molar-refractivity contribution in [1.29, 1.82) is 0 Å². The predicted molar refractivity (Wildman–Crippen MR) is 97.4 cm³/mol. The third kappa shape index (κ3) is 3.41. The van der Waals surface area contributed by atoms with E-state index in [1.165, 1.54) is 5.56 Å². The lowest BCUT2D eigenvalue weighted by molar-refractivity contribution is 0.198. The molecule has 5 heteroatoms. The number of para-hydroxylation sites is 1. The Balaban J connectivity index is 1.96. The number of carbonyl (C=O) groups is 1. The Kier molecular flexibility index (Phi) is 4.82. The Labute approximate surface area is 141 Å². The minimum Gasteiger partial charge on any atom is -0.383 e. The first-order valence-corrected chi connectivity index (χ1v) is 7.90. The summed E-state index contributed by atoms with van der Waals surface area (Å²) in [6.45, 7) is 2.99. The molecule has 2 amide bonds. The van der Waals surface area contributed by atoms with Gasteiger partial charge in [-0.1, -0.05) is 48.0 Å². The molecule has 2 aromatic carbocycles. The van der Waals surface area contributed by atoms with Crippen LogP contribution in [0.5, 0.6) is 0 Å². The number of H-pyrrole nitrogens is 1. The Morgan fingerprint density at radius 2 is 1.88 bits per heavy atom. The third-order valence-corrected chi connectivity index (χ3v) is 3.88. The van der Waals surface area contributed by atoms with Gasteiger partial charge in [-0.05, 0) is 13.0 Å². The quantitative estimate of drug-likeness (QED) is 0.623. The van der Waals surface area contributed by atoms with Crippen LogP contribution in [0.4, 0.5) is 10.5 Å². The van der Waals surface area contributed by atoms with Crippen LogP contribution in [0.15, 0.2) is 48.5 Å². The molecule has 3 aromatic rings. The molecule has 0 atom stereocenters. The predicted octanol–water partition coefficient (Wildman–Crippen LogP) is 3.91. The highest BCUT2D eigenvalue weighted by Gasteiger charge is 2.15. The lowest BCUT2D eigenvalue weighted by Crippen LogP contribution is -2.31. The van der Waals surface area contributed by atoms with Crippen molar-refractivity contribution in [3.63, 3.8) is 0 Å². The van der Waals surface area contributed by atoms with Crippen molar-refractivity contribution in [2.75, 3.05) is 25.6 Å². The summed E-state index contributed by atoms with van der Waals surface area (Å²) in [5.74, 6) is 0. The second-order valence-electron chi connectivity index (χ2n) is 5.66. The smallest absolute Gasteiger partial charge is 0.319 e. The molecule has 0 spiro atoms. The maximum atomic E-state index is 12.2. The number of amides is 2. The number of methoxy groups -OCH3 is 1. The van der Waals surface area contributed by atoms with Crippen molar-refractivity contribution in [2.24, 2.45) is 0 Å². The number of aromatic amines is 1. The highest BCUT2D eigenvalue weighted by atomic mass is 16.5. The SMILES string of the molecule is COCCNC(=O)Nc1c(-c2ccc(C)cc2)[nH]c2ccccc12. The molecule has 0 radical (unpaired) electrons. The van der Waals surface area contributed by atoms with Crippen molar-refractivity contribution in [1.82, 2.24) is 10.3 Å². The second kappa shape index (κ2) is 7.19. The number of urea groups is 1. The third-order valence-electron chi connectivity index (χ3n) is 3.88. The normalized spacial score (nSPS) is 10.8. The minimum atomic E-state index is -0.245. The summed E-state index contributed by atoms with van der Waals surface area (Å²) in [6.07, 6.45) is 0. The molecule has 0 bridgehead atoms. The van der Waals surface area contributed by atoms with E-state index >= 15 is 0 Å². The van der Waals surface area contributed by atoms with E-state index in [1.807, 2.05) is 36.4 Å². The van der Waals surface area contributed by atoms with Crippen LogP contribution in [-0.2, 0) is 4.74 Å². The fourth-order valence-electron chi connectivity index (χ4n) is 2.63. The van der Waals surface area contributed by atoms with E-state index in [1.54, 1.807) is 7.11 Å². The van der Waals surface area contributed by atoms with E-state index in [4.69, 9.17) is 4.74 Å². The van der Waals surface area contributed by atoms with E-state index in [2.05, 4.69) is 34.7 Å². The number of benzene rings is 2. The number of aromatic nitrogens is 1. The number of rotatable bonds is 5. The van der Waals surface area contributed by atoms with E-state index in [0.717, 1.165) is 27.8 Å². The van der Waals surface area contributed by atoms with Gasteiger partial charge in [-0.2, -0.15) is 0 Å². The molecular weight excluding hydrogens is 302 g/mol. The van der Waals surface area contributed by atoms with Crippen LogP contribution in [0.2, 0.25) is 0 Å². The van der Waals surface area contributed by atoms with Crippen molar-refractivity contribution in [2.45, 2.75) is 6.92 Å². The molecule has 3 N–H and O–H groups in total. The number of hydrogen-bond donors (Lipinski definition) is 3. The van der Waals surface area contributed by atoms with Gasteiger partial charge < -0.3 is 20.4 Å². The molecule has 5 nitrogen and oxygen atoms in total. The Morgan fingerprint density at radius 1 is 1.12 bits per heavy atom. The van der Waals surface area contributed by atoms with Crippen LogP contribution >= 0.6 is 0 Å². The summed E-state index contributed by atoms with van der Waals surface area (Å²) in [6, 6.07) is 15.9. The Morgan fingerprint density at radius 3 is 2.62 bits per heavy atom. The van der Waals surface area contributed by atoms with Gasteiger partial charge in [0.1, 0.15) is 0 Å². The second-order valence-corrected chi connectivity index (χ2v) is 5.66. The summed E-state index contributed by atoms with van der Waals surface area (Å²) in [5, 5.41) is 6.74. The molecule has 0 saturated carbocycles. The molecule has 0 fully saturated rings. The summed E-state index contributed by atoms with van der Waals surface area (Å²) >= 11 is 0. The van der Waals surface area contributed by atoms with Crippen molar-refractivity contribution < 1.29 is 9.53 Å². The standard InChI is InChI=1S/C19H21N3O2/c1-13-7-9-14(10-8-13)17-18(22-19(23)20-11-12-24-2)15-5-3-4-6-16(15)21-17/h3-10,21H,11-12H2,1-2H3,(H2,20,22,23). The van der Waals surface area contributed by atoms with E-state index < -0.39 is 0 Å². The first kappa shape index (κ1) is 16.1. The summed E-state index contributed by atoms with van der Waals surface area (Å²) in [5.41, 5.74) is 4.90. The zero-order chi connectivity index (χ0) is 16.9. The van der Waals surface area contributed by atoms with Gasteiger partial charge in [0.05, 0.1) is 18.0 Å².